The van der Waals surface area contributed by atoms with Crippen LogP contribution in [0.3, 0.4) is 0 Å². The number of rotatable bonds is 5. The van der Waals surface area contributed by atoms with E-state index in [4.69, 9.17) is 9.94 Å². The molecule has 2 rings (SSSR count). The standard InChI is InChI=1S/C12H13F2NO5S/c13-8-5-6-9(11(14)10(8)12(16)17)21(18,19)15-20-7-3-1-2-4-7/h5-7,15H,1-4H2,(H,16,17). The Morgan fingerprint density at radius 2 is 1.90 bits per heavy atom. The van der Waals surface area contributed by atoms with Crippen LogP contribution in [-0.4, -0.2) is 25.6 Å². The van der Waals surface area contributed by atoms with Gasteiger partial charge in [-0.25, -0.2) is 22.0 Å². The third kappa shape index (κ3) is 3.36. The summed E-state index contributed by atoms with van der Waals surface area (Å²) in [5.74, 6) is -4.90. The molecule has 21 heavy (non-hydrogen) atoms. The van der Waals surface area contributed by atoms with Gasteiger partial charge in [0.15, 0.2) is 5.82 Å². The van der Waals surface area contributed by atoms with E-state index in [1.807, 2.05) is 0 Å². The number of hydrogen-bond acceptors (Lipinski definition) is 4. The number of carboxylic acid groups (broad SMARTS) is 1. The fraction of sp³-hybridized carbons (Fsp3) is 0.417. The largest absolute Gasteiger partial charge is 0.477 e. The Bertz CT molecular complexity index is 656. The summed E-state index contributed by atoms with van der Waals surface area (Å²) in [6.07, 6.45) is 2.85. The number of aromatic carboxylic acids is 1. The Kier molecular flexibility index (Phi) is 4.55. The molecule has 0 atom stereocenters. The lowest BCUT2D eigenvalue weighted by Gasteiger charge is -2.13. The van der Waals surface area contributed by atoms with Gasteiger partial charge in [0.05, 0.1) is 6.10 Å². The minimum Gasteiger partial charge on any atom is -0.477 e. The second-order valence-corrected chi connectivity index (χ2v) is 6.26. The molecule has 1 aliphatic rings. The van der Waals surface area contributed by atoms with Crippen LogP contribution in [0.2, 0.25) is 0 Å². The summed E-state index contributed by atoms with van der Waals surface area (Å²) < 4.78 is 50.9. The molecule has 0 bridgehead atoms. The molecule has 0 spiro atoms. The van der Waals surface area contributed by atoms with Gasteiger partial charge in [-0.1, -0.05) is 17.7 Å². The Morgan fingerprint density at radius 1 is 1.29 bits per heavy atom. The lowest BCUT2D eigenvalue weighted by molar-refractivity contribution is 0.0222. The van der Waals surface area contributed by atoms with Crippen LogP contribution in [-0.2, 0) is 14.9 Å². The van der Waals surface area contributed by atoms with Crippen molar-refractivity contribution in [1.82, 2.24) is 4.89 Å². The van der Waals surface area contributed by atoms with Crippen LogP contribution in [0.4, 0.5) is 8.78 Å². The van der Waals surface area contributed by atoms with Gasteiger partial charge < -0.3 is 5.11 Å². The van der Waals surface area contributed by atoms with Crippen molar-refractivity contribution in [2.75, 3.05) is 0 Å². The van der Waals surface area contributed by atoms with Crippen molar-refractivity contribution in [3.63, 3.8) is 0 Å². The highest BCUT2D eigenvalue weighted by Crippen LogP contribution is 2.23. The highest BCUT2D eigenvalue weighted by Gasteiger charge is 2.28. The van der Waals surface area contributed by atoms with Gasteiger partial charge in [-0.3, -0.25) is 4.84 Å². The van der Waals surface area contributed by atoms with Crippen molar-refractivity contribution >= 4 is 16.0 Å². The van der Waals surface area contributed by atoms with Crippen molar-refractivity contribution < 1.29 is 31.9 Å². The van der Waals surface area contributed by atoms with Crippen LogP contribution in [0, 0.1) is 11.6 Å². The third-order valence-electron chi connectivity index (χ3n) is 3.19. The van der Waals surface area contributed by atoms with E-state index < -0.39 is 38.1 Å². The monoisotopic (exact) mass is 321 g/mol. The zero-order chi connectivity index (χ0) is 15.6. The predicted molar refractivity (Wildman–Crippen MR) is 67.0 cm³/mol. The molecule has 1 aromatic carbocycles. The zero-order valence-corrected chi connectivity index (χ0v) is 11.6. The number of sulfonamides is 1. The summed E-state index contributed by atoms with van der Waals surface area (Å²) >= 11 is 0. The van der Waals surface area contributed by atoms with Crippen molar-refractivity contribution in [3.05, 3.63) is 29.3 Å². The topological polar surface area (TPSA) is 92.7 Å². The van der Waals surface area contributed by atoms with E-state index in [1.165, 1.54) is 0 Å². The van der Waals surface area contributed by atoms with E-state index in [2.05, 4.69) is 0 Å². The van der Waals surface area contributed by atoms with E-state index in [0.29, 0.717) is 25.0 Å². The van der Waals surface area contributed by atoms with Crippen molar-refractivity contribution in [2.24, 2.45) is 0 Å². The summed E-state index contributed by atoms with van der Waals surface area (Å²) in [4.78, 5) is 16.5. The van der Waals surface area contributed by atoms with Crippen LogP contribution in [0.25, 0.3) is 0 Å². The number of hydrogen-bond donors (Lipinski definition) is 2. The highest BCUT2D eigenvalue weighted by atomic mass is 32.2. The van der Waals surface area contributed by atoms with Crippen molar-refractivity contribution in [1.29, 1.82) is 0 Å². The molecule has 0 heterocycles. The minimum absolute atomic E-state index is 0.303. The Labute approximate surface area is 119 Å². The van der Waals surface area contributed by atoms with Crippen LogP contribution in [0.1, 0.15) is 36.0 Å². The first-order valence-electron chi connectivity index (χ1n) is 6.21. The summed E-state index contributed by atoms with van der Waals surface area (Å²) in [6, 6.07) is 1.23. The van der Waals surface area contributed by atoms with Gasteiger partial charge in [-0.2, -0.15) is 0 Å². The lowest BCUT2D eigenvalue weighted by Crippen LogP contribution is -2.29. The number of nitrogens with one attached hydrogen (secondary N) is 1. The number of halogens is 2. The first-order chi connectivity index (χ1) is 9.83. The van der Waals surface area contributed by atoms with E-state index in [-0.39, 0.29) is 6.10 Å². The van der Waals surface area contributed by atoms with Crippen LogP contribution in [0.5, 0.6) is 0 Å². The molecule has 1 aliphatic carbocycles. The summed E-state index contributed by atoms with van der Waals surface area (Å²) in [5, 5.41) is 8.71. The molecule has 1 aromatic rings. The third-order valence-corrected chi connectivity index (χ3v) is 4.40. The summed E-state index contributed by atoms with van der Waals surface area (Å²) in [7, 11) is -4.43. The molecule has 0 saturated heterocycles. The van der Waals surface area contributed by atoms with Crippen LogP contribution < -0.4 is 4.89 Å². The number of carboxylic acids is 1. The second kappa shape index (κ2) is 6.04. The predicted octanol–water partition coefficient (Wildman–Crippen LogP) is 1.82. The molecule has 9 heteroatoms. The molecular weight excluding hydrogens is 308 g/mol. The summed E-state index contributed by atoms with van der Waals surface area (Å²) in [5.41, 5.74) is -1.32. The molecule has 0 aromatic heterocycles. The average molecular weight is 321 g/mol. The maximum atomic E-state index is 13.9. The molecule has 0 radical (unpaired) electrons. The Morgan fingerprint density at radius 3 is 2.48 bits per heavy atom. The first-order valence-corrected chi connectivity index (χ1v) is 7.70. The van der Waals surface area contributed by atoms with E-state index in [0.717, 1.165) is 12.8 Å². The molecule has 0 amide bonds. The normalized spacial score (nSPS) is 16.3. The molecule has 2 N–H and O–H groups in total. The highest BCUT2D eigenvalue weighted by molar-refractivity contribution is 7.89. The average Bonchev–Trinajstić information content (AvgIpc) is 2.88. The van der Waals surface area contributed by atoms with E-state index >= 15 is 0 Å². The molecule has 0 aliphatic heterocycles. The van der Waals surface area contributed by atoms with Gasteiger partial charge in [0.1, 0.15) is 16.3 Å². The lowest BCUT2D eigenvalue weighted by atomic mass is 10.2. The fourth-order valence-corrected chi connectivity index (χ4v) is 3.06. The molecule has 1 saturated carbocycles. The van der Waals surface area contributed by atoms with Gasteiger partial charge in [0, 0.05) is 0 Å². The van der Waals surface area contributed by atoms with E-state index in [9.17, 15) is 22.0 Å². The van der Waals surface area contributed by atoms with Crippen molar-refractivity contribution in [3.8, 4) is 0 Å². The van der Waals surface area contributed by atoms with Crippen LogP contribution in [0.15, 0.2) is 17.0 Å². The number of benzene rings is 1. The number of carbonyl (C=O) groups is 1. The molecular formula is C12H13F2NO5S. The van der Waals surface area contributed by atoms with E-state index in [1.54, 1.807) is 4.89 Å². The molecule has 116 valence electrons. The first kappa shape index (κ1) is 15.8. The quantitative estimate of drug-likeness (QED) is 0.807. The van der Waals surface area contributed by atoms with Crippen molar-refractivity contribution in [2.45, 2.75) is 36.7 Å². The molecule has 0 unspecified atom stereocenters. The fourth-order valence-electron chi connectivity index (χ4n) is 2.12. The van der Waals surface area contributed by atoms with Gasteiger partial charge >= 0.3 is 5.97 Å². The smallest absolute Gasteiger partial charge is 0.341 e. The van der Waals surface area contributed by atoms with Gasteiger partial charge in [-0.05, 0) is 25.0 Å². The molecule has 1 fully saturated rings. The SMILES string of the molecule is O=C(O)c1c(F)ccc(S(=O)(=O)NOC2CCCC2)c1F. The van der Waals surface area contributed by atoms with Gasteiger partial charge in [0.25, 0.3) is 10.0 Å². The van der Waals surface area contributed by atoms with Gasteiger partial charge in [0.2, 0.25) is 0 Å². The maximum absolute atomic E-state index is 13.9. The summed E-state index contributed by atoms with van der Waals surface area (Å²) in [6.45, 7) is 0. The zero-order valence-electron chi connectivity index (χ0n) is 10.8. The Hall–Kier alpha value is -1.58. The second-order valence-electron chi connectivity index (χ2n) is 4.65. The maximum Gasteiger partial charge on any atom is 0.341 e. The molecule has 6 nitrogen and oxygen atoms in total. The Balaban J connectivity index is 2.27. The van der Waals surface area contributed by atoms with Gasteiger partial charge in [-0.15, -0.1) is 0 Å². The van der Waals surface area contributed by atoms with Crippen LogP contribution >= 0.6 is 0 Å². The minimum atomic E-state index is -4.43.